The van der Waals surface area contributed by atoms with E-state index in [0.717, 1.165) is 0 Å². The number of aromatic nitrogens is 1. The average Bonchev–Trinajstić information content (AvgIpc) is 2.46. The number of nitrogens with one attached hydrogen (secondary N) is 2. The molecule has 0 bridgehead atoms. The lowest BCUT2D eigenvalue weighted by Gasteiger charge is -2.06. The first-order valence-corrected chi connectivity index (χ1v) is 5.07. The molecule has 0 saturated carbocycles. The fraction of sp³-hybridized carbons (Fsp3) is 0. The molecule has 2 heterocycles. The van der Waals surface area contributed by atoms with Gasteiger partial charge in [0.05, 0.1) is 16.9 Å². The van der Waals surface area contributed by atoms with Crippen LogP contribution in [0.1, 0.15) is 10.4 Å². The maximum atomic E-state index is 13.1. The molecule has 1 aliphatic heterocycles. The molecule has 0 spiro atoms. The summed E-state index contributed by atoms with van der Waals surface area (Å²) >= 11 is 0. The number of hydrogen-bond acceptors (Lipinski definition) is 3. The summed E-state index contributed by atoms with van der Waals surface area (Å²) in [6.45, 7) is 0. The number of halogens is 1. The molecule has 4 nitrogen and oxygen atoms in total. The standard InChI is InChI=1S/C12H8FN3O/c13-7-3-4-9-10(6-7)16-12(17)8-2-1-5-14-11(8)15-9/h1-6H,(H,14,15)(H,16,17). The number of hydrogen-bond donors (Lipinski definition) is 2. The first-order chi connectivity index (χ1) is 8.24. The minimum atomic E-state index is -0.398. The largest absolute Gasteiger partial charge is 0.338 e. The van der Waals surface area contributed by atoms with Crippen molar-refractivity contribution >= 4 is 23.1 Å². The van der Waals surface area contributed by atoms with Gasteiger partial charge in [0, 0.05) is 6.20 Å². The summed E-state index contributed by atoms with van der Waals surface area (Å²) in [6, 6.07) is 7.50. The lowest BCUT2D eigenvalue weighted by molar-refractivity contribution is 0.102. The third kappa shape index (κ3) is 1.61. The van der Waals surface area contributed by atoms with Crippen LogP contribution in [0.15, 0.2) is 36.5 Å². The molecule has 0 saturated heterocycles. The lowest BCUT2D eigenvalue weighted by atomic mass is 10.2. The quantitative estimate of drug-likeness (QED) is 0.729. The van der Waals surface area contributed by atoms with Gasteiger partial charge in [-0.1, -0.05) is 0 Å². The normalized spacial score (nSPS) is 12.9. The van der Waals surface area contributed by atoms with Crippen LogP contribution in [0.2, 0.25) is 0 Å². The predicted molar refractivity (Wildman–Crippen MR) is 61.9 cm³/mol. The van der Waals surface area contributed by atoms with E-state index < -0.39 is 5.82 Å². The van der Waals surface area contributed by atoms with Gasteiger partial charge >= 0.3 is 0 Å². The zero-order valence-electron chi connectivity index (χ0n) is 8.70. The molecular weight excluding hydrogens is 221 g/mol. The highest BCUT2D eigenvalue weighted by molar-refractivity contribution is 6.11. The third-order valence-electron chi connectivity index (χ3n) is 2.54. The van der Waals surface area contributed by atoms with Crippen molar-refractivity contribution in [3.63, 3.8) is 0 Å². The van der Waals surface area contributed by atoms with Gasteiger partial charge in [-0.05, 0) is 30.3 Å². The van der Waals surface area contributed by atoms with Gasteiger partial charge in [-0.25, -0.2) is 9.37 Å². The number of fused-ring (bicyclic) bond motifs is 2. The summed E-state index contributed by atoms with van der Waals surface area (Å²) in [5.74, 6) is -0.231. The average molecular weight is 229 g/mol. The number of rotatable bonds is 0. The van der Waals surface area contributed by atoms with E-state index in [4.69, 9.17) is 0 Å². The maximum Gasteiger partial charge on any atom is 0.259 e. The molecule has 0 radical (unpaired) electrons. The van der Waals surface area contributed by atoms with Gasteiger partial charge in [0.2, 0.25) is 0 Å². The van der Waals surface area contributed by atoms with E-state index in [0.29, 0.717) is 22.8 Å². The van der Waals surface area contributed by atoms with Crippen molar-refractivity contribution in [1.29, 1.82) is 0 Å². The van der Waals surface area contributed by atoms with E-state index in [2.05, 4.69) is 15.6 Å². The second kappa shape index (κ2) is 3.55. The molecule has 1 amide bonds. The van der Waals surface area contributed by atoms with E-state index in [-0.39, 0.29) is 5.91 Å². The number of anilines is 3. The van der Waals surface area contributed by atoms with E-state index in [1.54, 1.807) is 24.4 Å². The molecule has 0 aliphatic carbocycles. The molecule has 2 N–H and O–H groups in total. The predicted octanol–water partition coefficient (Wildman–Crippen LogP) is 2.53. The molecule has 5 heteroatoms. The molecule has 84 valence electrons. The molecule has 1 aromatic heterocycles. The van der Waals surface area contributed by atoms with Crippen LogP contribution in [-0.4, -0.2) is 10.9 Å². The molecule has 3 rings (SSSR count). The fourth-order valence-electron chi connectivity index (χ4n) is 1.73. The third-order valence-corrected chi connectivity index (χ3v) is 2.54. The topological polar surface area (TPSA) is 54.0 Å². The number of pyridine rings is 1. The van der Waals surface area contributed by atoms with Crippen LogP contribution in [0.5, 0.6) is 0 Å². The van der Waals surface area contributed by atoms with Crippen LogP contribution in [0.25, 0.3) is 0 Å². The SMILES string of the molecule is O=C1Nc2cc(F)ccc2Nc2ncccc21. The van der Waals surface area contributed by atoms with E-state index in [1.807, 2.05) is 0 Å². The Kier molecular flexibility index (Phi) is 2.04. The summed E-state index contributed by atoms with van der Waals surface area (Å²) < 4.78 is 13.1. The minimum absolute atomic E-state index is 0.301. The smallest absolute Gasteiger partial charge is 0.259 e. The second-order valence-corrected chi connectivity index (χ2v) is 3.67. The van der Waals surface area contributed by atoms with Crippen molar-refractivity contribution in [2.24, 2.45) is 0 Å². The minimum Gasteiger partial charge on any atom is -0.338 e. The molecule has 0 fully saturated rings. The first kappa shape index (κ1) is 9.77. The summed E-state index contributed by atoms with van der Waals surface area (Å²) in [4.78, 5) is 16.0. The molecule has 1 aromatic carbocycles. The number of benzene rings is 1. The molecular formula is C12H8FN3O. The summed E-state index contributed by atoms with van der Waals surface area (Å²) in [7, 11) is 0. The number of nitrogens with zero attached hydrogens (tertiary/aromatic N) is 1. The fourth-order valence-corrected chi connectivity index (χ4v) is 1.73. The Morgan fingerprint density at radius 2 is 2.00 bits per heavy atom. The first-order valence-electron chi connectivity index (χ1n) is 5.07. The molecule has 0 unspecified atom stereocenters. The lowest BCUT2D eigenvalue weighted by Crippen LogP contribution is -2.11. The van der Waals surface area contributed by atoms with Gasteiger partial charge in [0.25, 0.3) is 5.91 Å². The van der Waals surface area contributed by atoms with Crippen molar-refractivity contribution in [2.45, 2.75) is 0 Å². The van der Waals surface area contributed by atoms with Crippen LogP contribution >= 0.6 is 0 Å². The molecule has 0 atom stereocenters. The van der Waals surface area contributed by atoms with E-state index >= 15 is 0 Å². The van der Waals surface area contributed by atoms with Gasteiger partial charge in [0.1, 0.15) is 11.6 Å². The zero-order chi connectivity index (χ0) is 11.8. The Bertz CT molecular complexity index is 612. The van der Waals surface area contributed by atoms with Gasteiger partial charge in [-0.15, -0.1) is 0 Å². The van der Waals surface area contributed by atoms with Crippen molar-refractivity contribution in [3.05, 3.63) is 47.9 Å². The van der Waals surface area contributed by atoms with Crippen molar-refractivity contribution in [3.8, 4) is 0 Å². The Morgan fingerprint density at radius 3 is 2.88 bits per heavy atom. The Balaban J connectivity index is 2.17. The maximum absolute atomic E-state index is 13.1. The highest BCUT2D eigenvalue weighted by atomic mass is 19.1. The van der Waals surface area contributed by atoms with Crippen LogP contribution in [0.4, 0.5) is 21.6 Å². The van der Waals surface area contributed by atoms with E-state index in [1.165, 1.54) is 12.1 Å². The number of carbonyl (C=O) groups is 1. The highest BCUT2D eigenvalue weighted by Crippen LogP contribution is 2.30. The van der Waals surface area contributed by atoms with Gasteiger partial charge in [-0.3, -0.25) is 4.79 Å². The number of carbonyl (C=O) groups excluding carboxylic acids is 1. The monoisotopic (exact) mass is 229 g/mol. The second-order valence-electron chi connectivity index (χ2n) is 3.67. The van der Waals surface area contributed by atoms with E-state index in [9.17, 15) is 9.18 Å². The van der Waals surface area contributed by atoms with Crippen LogP contribution in [-0.2, 0) is 0 Å². The van der Waals surface area contributed by atoms with Gasteiger partial charge in [-0.2, -0.15) is 0 Å². The zero-order valence-corrected chi connectivity index (χ0v) is 8.70. The highest BCUT2D eigenvalue weighted by Gasteiger charge is 2.19. The molecule has 1 aliphatic rings. The summed E-state index contributed by atoms with van der Waals surface area (Å²) in [5, 5.41) is 5.64. The van der Waals surface area contributed by atoms with Crippen molar-refractivity contribution in [2.75, 3.05) is 10.6 Å². The summed E-state index contributed by atoms with van der Waals surface area (Å²) in [5.41, 5.74) is 1.47. The van der Waals surface area contributed by atoms with Gasteiger partial charge in [0.15, 0.2) is 0 Å². The van der Waals surface area contributed by atoms with Crippen LogP contribution in [0, 0.1) is 5.82 Å². The number of amides is 1. The molecule has 2 aromatic rings. The summed E-state index contributed by atoms with van der Waals surface area (Å²) in [6.07, 6.45) is 1.59. The van der Waals surface area contributed by atoms with Crippen molar-refractivity contribution in [1.82, 2.24) is 4.98 Å². The Labute approximate surface area is 96.5 Å². The van der Waals surface area contributed by atoms with Crippen molar-refractivity contribution < 1.29 is 9.18 Å². The Morgan fingerprint density at radius 1 is 1.12 bits per heavy atom. The van der Waals surface area contributed by atoms with Gasteiger partial charge < -0.3 is 10.6 Å². The van der Waals surface area contributed by atoms with Crippen LogP contribution < -0.4 is 10.6 Å². The van der Waals surface area contributed by atoms with Crippen LogP contribution in [0.3, 0.4) is 0 Å². The Hall–Kier alpha value is -2.43. The molecule has 17 heavy (non-hydrogen) atoms.